The molecule has 13 heavy (non-hydrogen) atoms. The molecule has 2 aliphatic rings. The predicted octanol–water partition coefficient (Wildman–Crippen LogP) is 1.68. The molecule has 0 aromatic heterocycles. The van der Waals surface area contributed by atoms with Crippen LogP contribution in [0.15, 0.2) is 36.0 Å². The number of carbonyl (C=O) groups excluding carboxylic acids is 1. The van der Waals surface area contributed by atoms with Crippen LogP contribution in [-0.2, 0) is 14.3 Å². The first-order chi connectivity index (χ1) is 6.36. The second kappa shape index (κ2) is 3.47. The smallest absolute Gasteiger partial charge is 0.285 e. The van der Waals surface area contributed by atoms with Gasteiger partial charge in [-0.05, 0) is 18.6 Å². The van der Waals surface area contributed by atoms with E-state index in [0.29, 0.717) is 24.7 Å². The summed E-state index contributed by atoms with van der Waals surface area (Å²) in [6.07, 6.45) is 8.55. The fourth-order valence-electron chi connectivity index (χ4n) is 1.22. The summed E-state index contributed by atoms with van der Waals surface area (Å²) in [5.74, 6) is 0.879. The molecule has 1 aliphatic heterocycles. The summed E-state index contributed by atoms with van der Waals surface area (Å²) in [6.45, 7) is 0.507. The van der Waals surface area contributed by atoms with Gasteiger partial charge in [-0.2, -0.15) is 0 Å². The Balaban J connectivity index is 2.01. The Labute approximate surface area is 76.3 Å². The molecular formula is C10H10O3. The molecule has 0 bridgehead atoms. The number of Topliss-reactive ketones (excluding diaryl/α,β-unsaturated/α-hetero) is 1. The lowest BCUT2D eigenvalue weighted by atomic mass is 10.3. The zero-order valence-corrected chi connectivity index (χ0v) is 7.16. The van der Waals surface area contributed by atoms with Crippen LogP contribution in [0.2, 0.25) is 0 Å². The van der Waals surface area contributed by atoms with Crippen LogP contribution < -0.4 is 0 Å². The van der Waals surface area contributed by atoms with E-state index in [1.165, 1.54) is 0 Å². The van der Waals surface area contributed by atoms with Gasteiger partial charge in [0.15, 0.2) is 11.5 Å². The van der Waals surface area contributed by atoms with Crippen LogP contribution in [-0.4, -0.2) is 12.4 Å². The van der Waals surface area contributed by atoms with Gasteiger partial charge in [-0.3, -0.25) is 4.79 Å². The van der Waals surface area contributed by atoms with E-state index in [1.807, 2.05) is 12.2 Å². The molecule has 0 aromatic carbocycles. The van der Waals surface area contributed by atoms with Gasteiger partial charge in [0.05, 0.1) is 0 Å². The third-order valence-electron chi connectivity index (χ3n) is 1.88. The molecule has 0 saturated heterocycles. The van der Waals surface area contributed by atoms with Crippen molar-refractivity contribution in [1.29, 1.82) is 0 Å². The summed E-state index contributed by atoms with van der Waals surface area (Å²) >= 11 is 0. The van der Waals surface area contributed by atoms with E-state index in [0.717, 1.165) is 6.42 Å². The minimum absolute atomic E-state index is 0.0547. The number of allylic oxidation sites excluding steroid dienone is 4. The van der Waals surface area contributed by atoms with Crippen LogP contribution in [0.25, 0.3) is 0 Å². The third-order valence-corrected chi connectivity index (χ3v) is 1.88. The van der Waals surface area contributed by atoms with Gasteiger partial charge in [0.25, 0.3) is 5.95 Å². The topological polar surface area (TPSA) is 35.5 Å². The summed E-state index contributed by atoms with van der Waals surface area (Å²) in [5.41, 5.74) is 0. The Kier molecular flexibility index (Phi) is 2.17. The largest absolute Gasteiger partial charge is 0.461 e. The van der Waals surface area contributed by atoms with E-state index < -0.39 is 0 Å². The SMILES string of the molecule is O=C1CCC=C1OC1=CC=CCO1. The van der Waals surface area contributed by atoms with Crippen LogP contribution in [0.3, 0.4) is 0 Å². The van der Waals surface area contributed by atoms with Crippen molar-refractivity contribution in [3.8, 4) is 0 Å². The summed E-state index contributed by atoms with van der Waals surface area (Å²) < 4.78 is 10.4. The molecule has 68 valence electrons. The monoisotopic (exact) mass is 178 g/mol. The molecule has 0 saturated carbocycles. The quantitative estimate of drug-likeness (QED) is 0.645. The molecule has 3 nitrogen and oxygen atoms in total. The van der Waals surface area contributed by atoms with Crippen molar-refractivity contribution in [3.05, 3.63) is 36.0 Å². The van der Waals surface area contributed by atoms with E-state index in [1.54, 1.807) is 12.2 Å². The Morgan fingerprint density at radius 2 is 2.38 bits per heavy atom. The van der Waals surface area contributed by atoms with Crippen molar-refractivity contribution in [2.24, 2.45) is 0 Å². The highest BCUT2D eigenvalue weighted by atomic mass is 16.7. The molecule has 1 heterocycles. The molecule has 0 N–H and O–H groups in total. The number of hydrogen-bond acceptors (Lipinski definition) is 3. The number of rotatable bonds is 2. The van der Waals surface area contributed by atoms with Gasteiger partial charge in [0, 0.05) is 12.5 Å². The minimum atomic E-state index is 0.0547. The summed E-state index contributed by atoms with van der Waals surface area (Å²) in [4.78, 5) is 11.2. The molecule has 0 aromatic rings. The number of hydrogen-bond donors (Lipinski definition) is 0. The van der Waals surface area contributed by atoms with E-state index >= 15 is 0 Å². The third kappa shape index (κ3) is 1.80. The molecule has 2 rings (SSSR count). The fraction of sp³-hybridized carbons (Fsp3) is 0.300. The van der Waals surface area contributed by atoms with Gasteiger partial charge in [0.2, 0.25) is 0 Å². The van der Waals surface area contributed by atoms with Crippen molar-refractivity contribution in [2.75, 3.05) is 6.61 Å². The van der Waals surface area contributed by atoms with E-state index in [9.17, 15) is 4.79 Å². The lowest BCUT2D eigenvalue weighted by molar-refractivity contribution is -0.118. The van der Waals surface area contributed by atoms with E-state index in [2.05, 4.69) is 0 Å². The van der Waals surface area contributed by atoms with Gasteiger partial charge < -0.3 is 9.47 Å². The summed E-state index contributed by atoms with van der Waals surface area (Å²) in [5, 5.41) is 0. The van der Waals surface area contributed by atoms with Crippen molar-refractivity contribution >= 4 is 5.78 Å². The van der Waals surface area contributed by atoms with Gasteiger partial charge in [0.1, 0.15) is 6.61 Å². The van der Waals surface area contributed by atoms with Crippen LogP contribution in [0.4, 0.5) is 0 Å². The first-order valence-corrected chi connectivity index (χ1v) is 4.27. The van der Waals surface area contributed by atoms with Crippen LogP contribution in [0.1, 0.15) is 12.8 Å². The zero-order chi connectivity index (χ0) is 9.10. The van der Waals surface area contributed by atoms with Crippen LogP contribution in [0, 0.1) is 0 Å². The highest BCUT2D eigenvalue weighted by Gasteiger charge is 2.18. The fourth-order valence-corrected chi connectivity index (χ4v) is 1.22. The number of ketones is 1. The maximum Gasteiger partial charge on any atom is 0.285 e. The van der Waals surface area contributed by atoms with Gasteiger partial charge in [-0.25, -0.2) is 0 Å². The molecule has 0 fully saturated rings. The normalized spacial score (nSPS) is 20.8. The lowest BCUT2D eigenvalue weighted by Gasteiger charge is -2.11. The van der Waals surface area contributed by atoms with E-state index in [4.69, 9.17) is 9.47 Å². The van der Waals surface area contributed by atoms with Crippen LogP contribution in [0.5, 0.6) is 0 Å². The highest BCUT2D eigenvalue weighted by molar-refractivity contribution is 5.95. The Morgan fingerprint density at radius 3 is 3.00 bits per heavy atom. The Hall–Kier alpha value is -1.51. The highest BCUT2D eigenvalue weighted by Crippen LogP contribution is 2.19. The van der Waals surface area contributed by atoms with Crippen molar-refractivity contribution < 1.29 is 14.3 Å². The van der Waals surface area contributed by atoms with Crippen LogP contribution >= 0.6 is 0 Å². The Morgan fingerprint density at radius 1 is 1.46 bits per heavy atom. The van der Waals surface area contributed by atoms with Crippen molar-refractivity contribution in [3.63, 3.8) is 0 Å². The van der Waals surface area contributed by atoms with Crippen molar-refractivity contribution in [1.82, 2.24) is 0 Å². The maximum absolute atomic E-state index is 11.2. The number of carbonyl (C=O) groups is 1. The average molecular weight is 178 g/mol. The Bertz CT molecular complexity index is 310. The maximum atomic E-state index is 11.2. The van der Waals surface area contributed by atoms with Gasteiger partial charge in [-0.15, -0.1) is 0 Å². The summed E-state index contributed by atoms with van der Waals surface area (Å²) in [7, 11) is 0. The second-order valence-electron chi connectivity index (χ2n) is 2.86. The molecular weight excluding hydrogens is 168 g/mol. The zero-order valence-electron chi connectivity index (χ0n) is 7.16. The molecule has 0 atom stereocenters. The molecule has 1 aliphatic carbocycles. The standard InChI is InChI=1S/C10H10O3/c11-8-4-3-5-9(8)13-10-6-1-2-7-12-10/h1-2,5-6H,3-4,7H2. The first-order valence-electron chi connectivity index (χ1n) is 4.27. The predicted molar refractivity (Wildman–Crippen MR) is 46.6 cm³/mol. The molecule has 0 unspecified atom stereocenters. The molecule has 0 radical (unpaired) electrons. The van der Waals surface area contributed by atoms with E-state index in [-0.39, 0.29) is 5.78 Å². The van der Waals surface area contributed by atoms with Gasteiger partial charge >= 0.3 is 0 Å². The summed E-state index contributed by atoms with van der Waals surface area (Å²) in [6, 6.07) is 0. The van der Waals surface area contributed by atoms with Crippen molar-refractivity contribution in [2.45, 2.75) is 12.8 Å². The minimum Gasteiger partial charge on any atom is -0.461 e. The average Bonchev–Trinajstić information content (AvgIpc) is 2.54. The van der Waals surface area contributed by atoms with Gasteiger partial charge in [-0.1, -0.05) is 6.08 Å². The molecule has 0 amide bonds. The second-order valence-corrected chi connectivity index (χ2v) is 2.86. The molecule has 3 heteroatoms. The first kappa shape index (κ1) is 8.10. The number of ether oxygens (including phenoxy) is 2. The molecule has 0 spiro atoms. The lowest BCUT2D eigenvalue weighted by Crippen LogP contribution is -2.05.